The predicted octanol–water partition coefficient (Wildman–Crippen LogP) is 1.40. The summed E-state index contributed by atoms with van der Waals surface area (Å²) in [5.74, 6) is -2.34. The van der Waals surface area contributed by atoms with Crippen molar-refractivity contribution in [2.24, 2.45) is 0 Å². The number of amides is 1. The van der Waals surface area contributed by atoms with Crippen molar-refractivity contribution in [2.45, 2.75) is 6.54 Å². The minimum atomic E-state index is -0.895. The summed E-state index contributed by atoms with van der Waals surface area (Å²) in [4.78, 5) is 57.0. The van der Waals surface area contributed by atoms with Gasteiger partial charge in [-0.1, -0.05) is 12.6 Å². The number of halogens is 1. The van der Waals surface area contributed by atoms with Crippen molar-refractivity contribution >= 4 is 34.3 Å². The van der Waals surface area contributed by atoms with E-state index in [4.69, 9.17) is 0 Å². The normalized spacial score (nSPS) is 13.5. The van der Waals surface area contributed by atoms with Crippen LogP contribution in [0.15, 0.2) is 58.9 Å². The monoisotopic (exact) mass is 477 g/mol. The minimum absolute atomic E-state index is 0.0411. The van der Waals surface area contributed by atoms with Gasteiger partial charge in [-0.05, 0) is 29.8 Å². The lowest BCUT2D eigenvalue weighted by molar-refractivity contribution is -0.142. The number of carbonyl (C=O) groups is 2. The smallest absolute Gasteiger partial charge is 0.295 e. The van der Waals surface area contributed by atoms with E-state index in [2.05, 4.69) is 22.2 Å². The molecule has 4 rings (SSSR count). The van der Waals surface area contributed by atoms with Gasteiger partial charge in [-0.25, -0.2) is 4.39 Å². The van der Waals surface area contributed by atoms with Crippen molar-refractivity contribution < 1.29 is 14.0 Å². The lowest BCUT2D eigenvalue weighted by Gasteiger charge is -2.36. The van der Waals surface area contributed by atoms with E-state index in [-0.39, 0.29) is 48.7 Å². The van der Waals surface area contributed by atoms with Gasteiger partial charge in [0.25, 0.3) is 22.5 Å². The maximum Gasteiger partial charge on any atom is 0.295 e. The summed E-state index contributed by atoms with van der Waals surface area (Å²) in [7, 11) is 1.58. The van der Waals surface area contributed by atoms with Gasteiger partial charge in [-0.3, -0.25) is 24.2 Å². The standard InChI is InChI=1S/C25H24FN5O4/c1-15(19-17(26)4-3-5-18(19)27-2)22(32)25(35)31-12-10-30(11-13-31)21-20(23(33)24(21)34)29-14-16-6-8-28-9-7-16/h3-9,27,29H,1,10-14H2,2H3. The van der Waals surface area contributed by atoms with Crippen LogP contribution in [0.5, 0.6) is 0 Å². The van der Waals surface area contributed by atoms with Crippen LogP contribution >= 0.6 is 0 Å². The molecule has 0 atom stereocenters. The highest BCUT2D eigenvalue weighted by Crippen LogP contribution is 2.27. The Balaban J connectivity index is 1.41. The van der Waals surface area contributed by atoms with Gasteiger partial charge in [0, 0.05) is 69.0 Å². The van der Waals surface area contributed by atoms with Gasteiger partial charge in [-0.15, -0.1) is 0 Å². The molecule has 1 saturated heterocycles. The molecule has 3 aromatic rings. The van der Waals surface area contributed by atoms with Gasteiger partial charge in [-0.2, -0.15) is 0 Å². The van der Waals surface area contributed by atoms with E-state index in [1.165, 1.54) is 17.0 Å². The molecular weight excluding hydrogens is 453 g/mol. The Bertz CT molecular complexity index is 1360. The number of hydrogen-bond donors (Lipinski definition) is 2. The van der Waals surface area contributed by atoms with Crippen molar-refractivity contribution in [1.29, 1.82) is 0 Å². The second kappa shape index (κ2) is 9.88. The Kier molecular flexibility index (Phi) is 6.72. The van der Waals surface area contributed by atoms with Crippen LogP contribution in [0, 0.1) is 5.82 Å². The summed E-state index contributed by atoms with van der Waals surface area (Å²) < 4.78 is 14.4. The molecule has 0 radical (unpaired) electrons. The van der Waals surface area contributed by atoms with Crippen molar-refractivity contribution in [1.82, 2.24) is 9.88 Å². The number of Topliss-reactive ketones (excluding diaryl/α,β-unsaturated/α-hetero) is 1. The Morgan fingerprint density at radius 3 is 2.40 bits per heavy atom. The maximum atomic E-state index is 14.4. The maximum absolute atomic E-state index is 14.4. The molecule has 180 valence electrons. The van der Waals surface area contributed by atoms with E-state index in [1.54, 1.807) is 42.5 Å². The third-order valence-corrected chi connectivity index (χ3v) is 6.04. The number of aromatic nitrogens is 1. The fourth-order valence-corrected chi connectivity index (χ4v) is 4.09. The number of nitrogens with zero attached hydrogens (tertiary/aromatic N) is 3. The molecule has 35 heavy (non-hydrogen) atoms. The lowest BCUT2D eigenvalue weighted by Crippen LogP contribution is -2.54. The third-order valence-electron chi connectivity index (χ3n) is 6.04. The number of piperazine rings is 1. The van der Waals surface area contributed by atoms with Gasteiger partial charge in [0.1, 0.15) is 17.2 Å². The van der Waals surface area contributed by atoms with Crippen LogP contribution in [0.25, 0.3) is 5.57 Å². The van der Waals surface area contributed by atoms with Gasteiger partial charge in [0.2, 0.25) is 0 Å². The van der Waals surface area contributed by atoms with Crippen LogP contribution in [0.2, 0.25) is 0 Å². The van der Waals surface area contributed by atoms with E-state index < -0.39 is 28.4 Å². The zero-order chi connectivity index (χ0) is 25.1. The van der Waals surface area contributed by atoms with E-state index in [0.717, 1.165) is 5.56 Å². The van der Waals surface area contributed by atoms with Crippen LogP contribution in [0.1, 0.15) is 11.1 Å². The molecule has 0 aliphatic carbocycles. The fraction of sp³-hybridized carbons (Fsp3) is 0.240. The Morgan fingerprint density at radius 1 is 1.06 bits per heavy atom. The summed E-state index contributed by atoms with van der Waals surface area (Å²) in [6.07, 6.45) is 3.27. The van der Waals surface area contributed by atoms with Crippen molar-refractivity contribution in [2.75, 3.05) is 48.8 Å². The minimum Gasteiger partial charge on any atom is -0.388 e. The first-order valence-corrected chi connectivity index (χ1v) is 11.0. The first kappa shape index (κ1) is 23.8. The van der Waals surface area contributed by atoms with Gasteiger partial charge in [0.05, 0.1) is 0 Å². The summed E-state index contributed by atoms with van der Waals surface area (Å²) in [6.45, 7) is 4.88. The number of anilines is 3. The van der Waals surface area contributed by atoms with Crippen molar-refractivity contribution in [3.05, 3.63) is 86.7 Å². The fourth-order valence-electron chi connectivity index (χ4n) is 4.09. The molecule has 9 nitrogen and oxygen atoms in total. The van der Waals surface area contributed by atoms with Gasteiger partial charge >= 0.3 is 0 Å². The molecule has 1 fully saturated rings. The third kappa shape index (κ3) is 4.54. The van der Waals surface area contributed by atoms with Gasteiger partial charge < -0.3 is 20.4 Å². The van der Waals surface area contributed by atoms with Crippen LogP contribution < -0.4 is 26.4 Å². The Morgan fingerprint density at radius 2 is 1.74 bits per heavy atom. The molecule has 0 saturated carbocycles. The molecule has 2 heterocycles. The lowest BCUT2D eigenvalue weighted by atomic mass is 9.99. The molecule has 0 spiro atoms. The molecule has 1 aromatic heterocycles. The Labute approximate surface area is 200 Å². The number of hydrogen-bond acceptors (Lipinski definition) is 8. The SMILES string of the molecule is C=C(C(=O)C(=O)N1CCN(c2c(NCc3ccncc3)c(=O)c2=O)CC1)c1c(F)cccc1NC. The van der Waals surface area contributed by atoms with Gasteiger partial charge in [0.15, 0.2) is 0 Å². The summed E-state index contributed by atoms with van der Waals surface area (Å²) >= 11 is 0. The Hall–Kier alpha value is -4.34. The molecule has 10 heteroatoms. The van der Waals surface area contributed by atoms with Crippen LogP contribution in [0.3, 0.4) is 0 Å². The highest BCUT2D eigenvalue weighted by Gasteiger charge is 2.33. The molecule has 1 amide bonds. The molecule has 0 bridgehead atoms. The summed E-state index contributed by atoms with van der Waals surface area (Å²) in [5.41, 5.74) is 0.366. The zero-order valence-electron chi connectivity index (χ0n) is 19.1. The topological polar surface area (TPSA) is 112 Å². The second-order valence-electron chi connectivity index (χ2n) is 8.09. The zero-order valence-corrected chi connectivity index (χ0v) is 19.1. The average Bonchev–Trinajstić information content (AvgIpc) is 2.89. The molecule has 1 aliphatic rings. The molecule has 1 aliphatic heterocycles. The average molecular weight is 477 g/mol. The first-order chi connectivity index (χ1) is 16.8. The highest BCUT2D eigenvalue weighted by molar-refractivity contribution is 6.53. The van der Waals surface area contributed by atoms with E-state index in [9.17, 15) is 23.6 Å². The predicted molar refractivity (Wildman–Crippen MR) is 132 cm³/mol. The van der Waals surface area contributed by atoms with E-state index >= 15 is 0 Å². The molecular formula is C25H24FN5O4. The van der Waals surface area contributed by atoms with E-state index in [0.29, 0.717) is 12.2 Å². The largest absolute Gasteiger partial charge is 0.388 e. The number of pyridine rings is 1. The number of benzene rings is 1. The van der Waals surface area contributed by atoms with Crippen LogP contribution in [0.4, 0.5) is 21.5 Å². The number of ketones is 1. The van der Waals surface area contributed by atoms with Crippen molar-refractivity contribution in [3.63, 3.8) is 0 Å². The van der Waals surface area contributed by atoms with E-state index in [1.807, 2.05) is 0 Å². The number of carbonyl (C=O) groups excluding carboxylic acids is 2. The summed E-state index contributed by atoms with van der Waals surface area (Å²) in [5, 5.41) is 5.81. The number of rotatable bonds is 8. The summed E-state index contributed by atoms with van der Waals surface area (Å²) in [6, 6.07) is 7.88. The van der Waals surface area contributed by atoms with Crippen LogP contribution in [-0.4, -0.2) is 54.8 Å². The molecule has 2 aromatic carbocycles. The highest BCUT2D eigenvalue weighted by atomic mass is 19.1. The van der Waals surface area contributed by atoms with Crippen LogP contribution in [-0.2, 0) is 16.1 Å². The first-order valence-electron chi connectivity index (χ1n) is 11.0. The van der Waals surface area contributed by atoms with Crippen molar-refractivity contribution in [3.8, 4) is 0 Å². The number of nitrogens with one attached hydrogen (secondary N) is 2. The molecule has 2 N–H and O–H groups in total. The molecule has 0 unspecified atom stereocenters. The second-order valence-corrected chi connectivity index (χ2v) is 8.09. The quantitative estimate of drug-likeness (QED) is 0.370.